The highest BCUT2D eigenvalue weighted by Crippen LogP contribution is 2.46. The Morgan fingerprint density at radius 1 is 0.909 bits per heavy atom. The first kappa shape index (κ1) is 39.9. The van der Waals surface area contributed by atoms with Crippen LogP contribution < -0.4 is 10.1 Å². The van der Waals surface area contributed by atoms with Gasteiger partial charge in [-0.2, -0.15) is 0 Å². The molecule has 2 amide bonds. The molecule has 7 nitrogen and oxygen atoms in total. The molecule has 5 aromatic rings. The van der Waals surface area contributed by atoms with E-state index in [1.807, 2.05) is 109 Å². The Morgan fingerprint density at radius 3 is 2.16 bits per heavy atom. The van der Waals surface area contributed by atoms with Gasteiger partial charge in [-0.25, -0.2) is 14.1 Å². The zero-order chi connectivity index (χ0) is 39.2. The highest BCUT2D eigenvalue weighted by molar-refractivity contribution is 9.10. The predicted molar refractivity (Wildman–Crippen MR) is 221 cm³/mol. The van der Waals surface area contributed by atoms with Gasteiger partial charge >= 0.3 is 6.09 Å². The lowest BCUT2D eigenvalue weighted by Gasteiger charge is -2.41. The fraction of sp³-hybridized carbons (Fsp3) is 0.289. The van der Waals surface area contributed by atoms with Crippen LogP contribution in [0, 0.1) is 11.7 Å². The van der Waals surface area contributed by atoms with Crippen molar-refractivity contribution in [3.05, 3.63) is 166 Å². The summed E-state index contributed by atoms with van der Waals surface area (Å²) >= 11 is 3.65. The zero-order valence-corrected chi connectivity index (χ0v) is 34.5. The number of carbonyl (C=O) groups excluding carboxylic acids is 2. The van der Waals surface area contributed by atoms with Gasteiger partial charge in [0.1, 0.15) is 30.8 Å². The lowest BCUT2D eigenvalue weighted by Crippen LogP contribution is -2.45. The fourth-order valence-electron chi connectivity index (χ4n) is 6.57. The maximum absolute atomic E-state index is 15.5. The molecule has 1 unspecified atom stereocenters. The van der Waals surface area contributed by atoms with Crippen LogP contribution in [0.25, 0.3) is 0 Å². The molecule has 0 saturated carbocycles. The number of nitrogens with zero attached hydrogens (tertiary/aromatic N) is 1. The highest BCUT2D eigenvalue weighted by atomic mass is 79.9. The number of halogens is 2. The summed E-state index contributed by atoms with van der Waals surface area (Å²) in [5.74, 6) is -1.15. The van der Waals surface area contributed by atoms with Crippen molar-refractivity contribution in [2.75, 3.05) is 11.9 Å². The molecule has 5 aromatic carbocycles. The van der Waals surface area contributed by atoms with E-state index in [0.717, 1.165) is 32.4 Å². The molecule has 1 N–H and O–H groups in total. The lowest BCUT2D eigenvalue weighted by atomic mass is 9.84. The Morgan fingerprint density at radius 2 is 1.53 bits per heavy atom. The van der Waals surface area contributed by atoms with E-state index in [1.54, 1.807) is 12.1 Å². The highest BCUT2D eigenvalue weighted by Gasteiger charge is 2.47. The molecule has 286 valence electrons. The van der Waals surface area contributed by atoms with Gasteiger partial charge in [0, 0.05) is 15.7 Å². The minimum Gasteiger partial charge on any atom is -0.489 e. The SMILES string of the molecule is CC(C)(C)[Si](C)(C)O[C@H](CC(C(=O)N1C(=O)OC[C@@H]1c1ccccc1)[C@H](Nc1ccccc1)c1ccc(Br)cc1OCc1ccccc1)c1ccc(F)cc1. The number of ether oxygens (including phenoxy) is 2. The topological polar surface area (TPSA) is 77.1 Å². The van der Waals surface area contributed by atoms with Gasteiger partial charge in [-0.1, -0.05) is 134 Å². The van der Waals surface area contributed by atoms with Crippen LogP contribution in [0.2, 0.25) is 18.1 Å². The molecule has 0 bridgehead atoms. The van der Waals surface area contributed by atoms with Crippen molar-refractivity contribution in [3.8, 4) is 5.75 Å². The van der Waals surface area contributed by atoms with Gasteiger partial charge in [-0.15, -0.1) is 0 Å². The van der Waals surface area contributed by atoms with Crippen LogP contribution in [0.5, 0.6) is 5.75 Å². The van der Waals surface area contributed by atoms with E-state index in [0.29, 0.717) is 12.4 Å². The summed E-state index contributed by atoms with van der Waals surface area (Å²) in [6.45, 7) is 11.1. The number of nitrogens with one attached hydrogen (secondary N) is 1. The van der Waals surface area contributed by atoms with Crippen molar-refractivity contribution in [1.29, 1.82) is 0 Å². The number of carbonyl (C=O) groups is 2. The number of benzene rings is 5. The maximum atomic E-state index is 15.5. The Bertz CT molecular complexity index is 2050. The fourth-order valence-corrected chi connectivity index (χ4v) is 8.21. The number of hydrogen-bond donors (Lipinski definition) is 1. The minimum atomic E-state index is -2.50. The normalized spacial score (nSPS) is 16.2. The molecule has 1 fully saturated rings. The average Bonchev–Trinajstić information content (AvgIpc) is 3.57. The summed E-state index contributed by atoms with van der Waals surface area (Å²) in [6, 6.07) is 39.7. The Kier molecular flexibility index (Phi) is 12.6. The van der Waals surface area contributed by atoms with Gasteiger partial charge in [0.05, 0.1) is 18.1 Å². The molecule has 6 rings (SSSR count). The third-order valence-electron chi connectivity index (χ3n) is 10.6. The van der Waals surface area contributed by atoms with Crippen molar-refractivity contribution in [3.63, 3.8) is 0 Å². The Labute approximate surface area is 333 Å². The van der Waals surface area contributed by atoms with E-state index in [-0.39, 0.29) is 23.9 Å². The molecular formula is C45H48BrFN2O5Si. The van der Waals surface area contributed by atoms with Crippen LogP contribution in [-0.2, 0) is 20.6 Å². The molecular weight excluding hydrogens is 775 g/mol. The molecule has 4 atom stereocenters. The largest absolute Gasteiger partial charge is 0.489 e. The summed E-state index contributed by atoms with van der Waals surface area (Å²) in [7, 11) is -2.50. The molecule has 0 aromatic heterocycles. The number of rotatable bonds is 14. The third kappa shape index (κ3) is 9.73. The third-order valence-corrected chi connectivity index (χ3v) is 15.6. The van der Waals surface area contributed by atoms with Gasteiger partial charge < -0.3 is 19.2 Å². The second-order valence-electron chi connectivity index (χ2n) is 15.4. The zero-order valence-electron chi connectivity index (χ0n) is 31.9. The van der Waals surface area contributed by atoms with Gasteiger partial charge in [-0.3, -0.25) is 4.79 Å². The molecule has 0 radical (unpaired) electrons. The minimum absolute atomic E-state index is 0.0314. The first-order chi connectivity index (χ1) is 26.3. The number of amides is 2. The van der Waals surface area contributed by atoms with Crippen LogP contribution in [0.3, 0.4) is 0 Å². The maximum Gasteiger partial charge on any atom is 0.417 e. The first-order valence-corrected chi connectivity index (χ1v) is 22.3. The number of hydrogen-bond acceptors (Lipinski definition) is 6. The molecule has 0 aliphatic carbocycles. The average molecular weight is 824 g/mol. The number of para-hydroxylation sites is 1. The predicted octanol–water partition coefficient (Wildman–Crippen LogP) is 11.8. The van der Waals surface area contributed by atoms with Crippen LogP contribution in [0.15, 0.2) is 138 Å². The molecule has 1 aliphatic rings. The standard InChI is InChI=1S/C45H48BrFN2O5Si/c1-45(2,3)55(4,5)54-40(33-21-24-35(47)25-22-33)28-38(43(50)49-39(30-53-44(49)51)32-17-11-7-12-18-32)42(48-36-19-13-8-14-20-36)37-26-23-34(46)27-41(37)52-29-31-15-9-6-10-16-31/h6-27,38-40,42,48H,28-30H2,1-5H3/t38?,39-,40-,42-/m1/s1. The van der Waals surface area contributed by atoms with E-state index in [4.69, 9.17) is 13.9 Å². The Hall–Kier alpha value is -4.77. The van der Waals surface area contributed by atoms with Crippen molar-refractivity contribution in [1.82, 2.24) is 4.90 Å². The van der Waals surface area contributed by atoms with Crippen molar-refractivity contribution < 1.29 is 27.9 Å². The summed E-state index contributed by atoms with van der Waals surface area (Å²) in [4.78, 5) is 30.5. The number of cyclic esters (lactones) is 1. The van der Waals surface area contributed by atoms with Gasteiger partial charge in [0.15, 0.2) is 8.32 Å². The van der Waals surface area contributed by atoms with Crippen LogP contribution in [0.1, 0.15) is 67.6 Å². The molecule has 1 saturated heterocycles. The lowest BCUT2D eigenvalue weighted by molar-refractivity contribution is -0.135. The molecule has 1 heterocycles. The number of anilines is 1. The van der Waals surface area contributed by atoms with E-state index in [9.17, 15) is 9.18 Å². The van der Waals surface area contributed by atoms with Crippen molar-refractivity contribution in [2.45, 2.75) is 70.1 Å². The van der Waals surface area contributed by atoms with E-state index >= 15 is 4.79 Å². The quantitative estimate of drug-likeness (QED) is 0.112. The van der Waals surface area contributed by atoms with Gasteiger partial charge in [0.2, 0.25) is 5.91 Å². The summed E-state index contributed by atoms with van der Waals surface area (Å²) in [5, 5.41) is 3.51. The summed E-state index contributed by atoms with van der Waals surface area (Å²) in [5.41, 5.74) is 4.00. The summed E-state index contributed by atoms with van der Waals surface area (Å²) in [6.07, 6.45) is -1.18. The smallest absolute Gasteiger partial charge is 0.417 e. The first-order valence-electron chi connectivity index (χ1n) is 18.6. The molecule has 1 aliphatic heterocycles. The monoisotopic (exact) mass is 822 g/mol. The van der Waals surface area contributed by atoms with Gasteiger partial charge in [-0.05, 0) is 77.6 Å². The van der Waals surface area contributed by atoms with Crippen LogP contribution in [0.4, 0.5) is 14.9 Å². The second kappa shape index (κ2) is 17.4. The summed E-state index contributed by atoms with van der Waals surface area (Å²) < 4.78 is 34.6. The van der Waals surface area contributed by atoms with Crippen LogP contribution in [-0.4, -0.2) is 31.8 Å². The molecule has 0 spiro atoms. The van der Waals surface area contributed by atoms with E-state index in [1.165, 1.54) is 17.0 Å². The second-order valence-corrected chi connectivity index (χ2v) is 21.1. The molecule has 10 heteroatoms. The van der Waals surface area contributed by atoms with Crippen molar-refractivity contribution in [2.24, 2.45) is 5.92 Å². The Balaban J connectivity index is 1.52. The van der Waals surface area contributed by atoms with E-state index in [2.05, 4.69) is 55.1 Å². The van der Waals surface area contributed by atoms with Crippen molar-refractivity contribution >= 4 is 41.9 Å². The van der Waals surface area contributed by atoms with Crippen LogP contribution >= 0.6 is 15.9 Å². The van der Waals surface area contributed by atoms with E-state index < -0.39 is 44.4 Å². The molecule has 55 heavy (non-hydrogen) atoms. The van der Waals surface area contributed by atoms with Gasteiger partial charge in [0.25, 0.3) is 0 Å². The number of imide groups is 1.